The molecule has 1 fully saturated rings. The van der Waals surface area contributed by atoms with Crippen molar-refractivity contribution in [3.8, 4) is 0 Å². The maximum atomic E-state index is 11.2. The van der Waals surface area contributed by atoms with Crippen LogP contribution in [0.3, 0.4) is 0 Å². The number of aliphatic imine (C=N–C) groups is 1. The van der Waals surface area contributed by atoms with E-state index in [4.69, 9.17) is 5.73 Å². The number of rotatable bonds is 3. The number of nitrogens with one attached hydrogen (secondary N) is 1. The lowest BCUT2D eigenvalue weighted by Gasteiger charge is -2.45. The number of nitrogens with two attached hydrogens (primary N) is 1. The molecule has 1 saturated carbocycles. The molecule has 4 unspecified atom stereocenters. The Kier molecular flexibility index (Phi) is 3.08. The number of guanidine groups is 1. The smallest absolute Gasteiger partial charge is 0.193 e. The lowest BCUT2D eigenvalue weighted by Crippen LogP contribution is -2.53. The summed E-state index contributed by atoms with van der Waals surface area (Å²) < 4.78 is 0. The fourth-order valence-corrected chi connectivity index (χ4v) is 4.14. The van der Waals surface area contributed by atoms with E-state index in [0.717, 1.165) is 37.8 Å². The van der Waals surface area contributed by atoms with E-state index in [9.17, 15) is 5.11 Å². The van der Waals surface area contributed by atoms with E-state index in [1.54, 1.807) is 0 Å². The first-order valence-electron chi connectivity index (χ1n) is 7.63. The second kappa shape index (κ2) is 4.51. The van der Waals surface area contributed by atoms with Gasteiger partial charge in [0, 0.05) is 0 Å². The normalized spacial score (nSPS) is 40.8. The predicted molar refractivity (Wildman–Crippen MR) is 76.6 cm³/mol. The van der Waals surface area contributed by atoms with Gasteiger partial charge in [-0.3, -0.25) is 0 Å². The SMILES string of the molecule is CCCCC1(O)C2=C3C(CCC3N=C(N)N2)CC1C. The Morgan fingerprint density at radius 1 is 1.47 bits per heavy atom. The number of nitrogens with zero attached hydrogens (tertiary/aromatic N) is 1. The maximum Gasteiger partial charge on any atom is 0.193 e. The van der Waals surface area contributed by atoms with Gasteiger partial charge in [-0.15, -0.1) is 0 Å². The lowest BCUT2D eigenvalue weighted by atomic mass is 9.69. The van der Waals surface area contributed by atoms with Crippen LogP contribution in [0.15, 0.2) is 16.3 Å². The summed E-state index contributed by atoms with van der Waals surface area (Å²) >= 11 is 0. The van der Waals surface area contributed by atoms with Gasteiger partial charge >= 0.3 is 0 Å². The standard InChI is InChI=1S/C15H25N3O/c1-3-4-7-15(19)9(2)8-10-5-6-11-12(10)13(15)18-14(16)17-11/h9-11,19H,3-8H2,1-2H3,(H3,16,17,18). The highest BCUT2D eigenvalue weighted by Crippen LogP contribution is 2.50. The molecule has 4 heteroatoms. The third-order valence-electron chi connectivity index (χ3n) is 5.22. The third kappa shape index (κ3) is 1.88. The Morgan fingerprint density at radius 3 is 3.00 bits per heavy atom. The number of hydrogen-bond acceptors (Lipinski definition) is 4. The van der Waals surface area contributed by atoms with Gasteiger partial charge in [-0.1, -0.05) is 26.7 Å². The van der Waals surface area contributed by atoms with Gasteiger partial charge in [-0.2, -0.15) is 0 Å². The summed E-state index contributed by atoms with van der Waals surface area (Å²) in [7, 11) is 0. The first-order chi connectivity index (χ1) is 9.06. The molecule has 3 aliphatic rings. The predicted octanol–water partition coefficient (Wildman–Crippen LogP) is 1.90. The van der Waals surface area contributed by atoms with Crippen LogP contribution >= 0.6 is 0 Å². The van der Waals surface area contributed by atoms with E-state index < -0.39 is 5.60 Å². The summed E-state index contributed by atoms with van der Waals surface area (Å²) in [6.45, 7) is 4.34. The second-order valence-corrected chi connectivity index (χ2v) is 6.42. The molecule has 4 N–H and O–H groups in total. The van der Waals surface area contributed by atoms with Crippen molar-refractivity contribution in [2.75, 3.05) is 0 Å². The first kappa shape index (κ1) is 13.0. The molecule has 0 bridgehead atoms. The molecule has 0 amide bonds. The van der Waals surface area contributed by atoms with Crippen LogP contribution in [0, 0.1) is 11.8 Å². The zero-order chi connectivity index (χ0) is 13.6. The van der Waals surface area contributed by atoms with Crippen LogP contribution < -0.4 is 11.1 Å². The van der Waals surface area contributed by atoms with Crippen LogP contribution in [0.1, 0.15) is 52.4 Å². The molecule has 19 heavy (non-hydrogen) atoms. The van der Waals surface area contributed by atoms with E-state index in [1.807, 2.05) is 0 Å². The molecule has 1 aliphatic heterocycles. The molecule has 0 spiro atoms. The molecule has 0 radical (unpaired) electrons. The van der Waals surface area contributed by atoms with Crippen LogP contribution in [-0.2, 0) is 0 Å². The van der Waals surface area contributed by atoms with Gasteiger partial charge in [0.1, 0.15) is 5.60 Å². The minimum absolute atomic E-state index is 0.224. The van der Waals surface area contributed by atoms with Crippen LogP contribution in [0.2, 0.25) is 0 Å². The van der Waals surface area contributed by atoms with Crippen LogP contribution in [0.25, 0.3) is 0 Å². The largest absolute Gasteiger partial charge is 0.383 e. The Morgan fingerprint density at radius 2 is 2.26 bits per heavy atom. The minimum Gasteiger partial charge on any atom is -0.383 e. The molecule has 0 aromatic rings. The second-order valence-electron chi connectivity index (χ2n) is 6.42. The molecule has 0 aromatic carbocycles. The molecular formula is C15H25N3O. The molecule has 3 rings (SSSR count). The lowest BCUT2D eigenvalue weighted by molar-refractivity contribution is -0.00855. The van der Waals surface area contributed by atoms with Gasteiger partial charge < -0.3 is 16.2 Å². The Balaban J connectivity index is 2.01. The summed E-state index contributed by atoms with van der Waals surface area (Å²) in [5.74, 6) is 1.37. The van der Waals surface area contributed by atoms with E-state index in [-0.39, 0.29) is 6.04 Å². The topological polar surface area (TPSA) is 70.6 Å². The maximum absolute atomic E-state index is 11.2. The molecule has 4 atom stereocenters. The van der Waals surface area contributed by atoms with E-state index >= 15 is 0 Å². The highest BCUT2D eigenvalue weighted by Gasteiger charge is 2.50. The Hall–Kier alpha value is -1.03. The molecule has 1 heterocycles. The highest BCUT2D eigenvalue weighted by atomic mass is 16.3. The van der Waals surface area contributed by atoms with Crippen molar-refractivity contribution in [2.24, 2.45) is 22.6 Å². The first-order valence-corrected chi connectivity index (χ1v) is 7.63. The van der Waals surface area contributed by atoms with Gasteiger partial charge in [-0.25, -0.2) is 4.99 Å². The van der Waals surface area contributed by atoms with Crippen molar-refractivity contribution >= 4 is 5.96 Å². The van der Waals surface area contributed by atoms with Gasteiger partial charge in [0.25, 0.3) is 0 Å². The van der Waals surface area contributed by atoms with Gasteiger partial charge in [0.15, 0.2) is 5.96 Å². The highest BCUT2D eigenvalue weighted by molar-refractivity contribution is 5.82. The van der Waals surface area contributed by atoms with Crippen LogP contribution in [0.5, 0.6) is 0 Å². The average molecular weight is 263 g/mol. The summed E-state index contributed by atoms with van der Waals surface area (Å²) in [6, 6.07) is 0.224. The van der Waals surface area contributed by atoms with Crippen molar-refractivity contribution < 1.29 is 5.11 Å². The Labute approximate surface area is 115 Å². The fraction of sp³-hybridized carbons (Fsp3) is 0.800. The number of hydrogen-bond donors (Lipinski definition) is 3. The van der Waals surface area contributed by atoms with Crippen molar-refractivity contribution in [1.29, 1.82) is 0 Å². The minimum atomic E-state index is -0.731. The number of unbranched alkanes of at least 4 members (excludes halogenated alkanes) is 1. The van der Waals surface area contributed by atoms with Crippen molar-refractivity contribution in [3.63, 3.8) is 0 Å². The van der Waals surface area contributed by atoms with Gasteiger partial charge in [0.05, 0.1) is 11.7 Å². The molecule has 4 nitrogen and oxygen atoms in total. The summed E-state index contributed by atoms with van der Waals surface area (Å²) in [4.78, 5) is 4.51. The zero-order valence-corrected chi connectivity index (χ0v) is 11.9. The van der Waals surface area contributed by atoms with Crippen molar-refractivity contribution in [2.45, 2.75) is 64.0 Å². The van der Waals surface area contributed by atoms with Gasteiger partial charge in [-0.05, 0) is 43.1 Å². The van der Waals surface area contributed by atoms with Crippen LogP contribution in [-0.4, -0.2) is 22.7 Å². The summed E-state index contributed by atoms with van der Waals surface area (Å²) in [6.07, 6.45) is 6.34. The van der Waals surface area contributed by atoms with E-state index in [1.165, 1.54) is 12.0 Å². The molecular weight excluding hydrogens is 238 g/mol. The third-order valence-corrected chi connectivity index (χ3v) is 5.22. The number of aliphatic hydroxyl groups is 1. The average Bonchev–Trinajstić information content (AvgIpc) is 2.77. The summed E-state index contributed by atoms with van der Waals surface area (Å²) in [5.41, 5.74) is 7.54. The molecule has 0 saturated heterocycles. The zero-order valence-electron chi connectivity index (χ0n) is 11.9. The monoisotopic (exact) mass is 263 g/mol. The van der Waals surface area contributed by atoms with E-state index in [2.05, 4.69) is 24.2 Å². The van der Waals surface area contributed by atoms with Crippen LogP contribution in [0.4, 0.5) is 0 Å². The molecule has 106 valence electrons. The molecule has 0 aromatic heterocycles. The Bertz CT molecular complexity index is 443. The molecule has 2 aliphatic carbocycles. The fourth-order valence-electron chi connectivity index (χ4n) is 4.14. The quantitative estimate of drug-likeness (QED) is 0.728. The van der Waals surface area contributed by atoms with Crippen molar-refractivity contribution in [1.82, 2.24) is 5.32 Å². The summed E-state index contributed by atoms with van der Waals surface area (Å²) in [5, 5.41) is 14.4. The van der Waals surface area contributed by atoms with E-state index in [0.29, 0.717) is 17.8 Å². The van der Waals surface area contributed by atoms with Gasteiger partial charge in [0.2, 0.25) is 0 Å². The van der Waals surface area contributed by atoms with Crippen molar-refractivity contribution in [3.05, 3.63) is 11.3 Å².